The van der Waals surface area contributed by atoms with Crippen LogP contribution >= 0.6 is 15.9 Å². The van der Waals surface area contributed by atoms with Crippen LogP contribution < -0.4 is 5.32 Å². The second-order valence-electron chi connectivity index (χ2n) is 5.07. The highest BCUT2D eigenvalue weighted by atomic mass is 79.9. The molecule has 2 rings (SSSR count). The van der Waals surface area contributed by atoms with Gasteiger partial charge in [0.1, 0.15) is 5.82 Å². The minimum Gasteiger partial charge on any atom is -0.313 e. The number of benzene rings is 1. The zero-order valence-corrected chi connectivity index (χ0v) is 12.5. The molecule has 100 valence electrons. The van der Waals surface area contributed by atoms with E-state index in [9.17, 15) is 4.39 Å². The maximum absolute atomic E-state index is 13.1. The molecular weight excluding hydrogens is 295 g/mol. The van der Waals surface area contributed by atoms with Crippen LogP contribution in [-0.4, -0.2) is 31.1 Å². The van der Waals surface area contributed by atoms with E-state index in [4.69, 9.17) is 0 Å². The van der Waals surface area contributed by atoms with E-state index < -0.39 is 0 Å². The second kappa shape index (κ2) is 6.13. The monoisotopic (exact) mass is 314 g/mol. The first-order chi connectivity index (χ1) is 8.58. The van der Waals surface area contributed by atoms with Crippen molar-refractivity contribution < 1.29 is 4.39 Å². The summed E-state index contributed by atoms with van der Waals surface area (Å²) in [6, 6.07) is 5.80. The Balaban J connectivity index is 2.02. The SMILES string of the molecule is CC(c1ccc(F)cc1Br)N(C)CC1CCCN1. The van der Waals surface area contributed by atoms with Crippen LogP contribution in [0.5, 0.6) is 0 Å². The summed E-state index contributed by atoms with van der Waals surface area (Å²) >= 11 is 3.45. The van der Waals surface area contributed by atoms with Crippen molar-refractivity contribution >= 4 is 15.9 Å². The lowest BCUT2D eigenvalue weighted by Crippen LogP contribution is -2.36. The number of hydrogen-bond donors (Lipinski definition) is 1. The van der Waals surface area contributed by atoms with Crippen LogP contribution in [0, 0.1) is 5.82 Å². The van der Waals surface area contributed by atoms with Crippen molar-refractivity contribution in [1.29, 1.82) is 0 Å². The Bertz CT molecular complexity index is 405. The van der Waals surface area contributed by atoms with Gasteiger partial charge in [0.25, 0.3) is 0 Å². The van der Waals surface area contributed by atoms with Crippen LogP contribution in [-0.2, 0) is 0 Å². The molecule has 0 radical (unpaired) electrons. The molecule has 0 saturated carbocycles. The molecule has 1 aliphatic heterocycles. The van der Waals surface area contributed by atoms with E-state index >= 15 is 0 Å². The van der Waals surface area contributed by atoms with Gasteiger partial charge in [0.15, 0.2) is 0 Å². The summed E-state index contributed by atoms with van der Waals surface area (Å²) in [7, 11) is 2.13. The lowest BCUT2D eigenvalue weighted by molar-refractivity contribution is 0.237. The van der Waals surface area contributed by atoms with Gasteiger partial charge in [0.2, 0.25) is 0 Å². The maximum atomic E-state index is 13.1. The normalized spacial score (nSPS) is 21.5. The molecule has 1 aromatic rings. The van der Waals surface area contributed by atoms with E-state index in [0.29, 0.717) is 6.04 Å². The van der Waals surface area contributed by atoms with Crippen molar-refractivity contribution in [3.05, 3.63) is 34.1 Å². The standard InChI is InChI=1S/C14H20BrFN2/c1-10(13-6-5-11(16)8-14(13)15)18(2)9-12-4-3-7-17-12/h5-6,8,10,12,17H,3-4,7,9H2,1-2H3. The molecule has 1 N–H and O–H groups in total. The highest BCUT2D eigenvalue weighted by Gasteiger charge is 2.20. The van der Waals surface area contributed by atoms with Crippen molar-refractivity contribution in [3.63, 3.8) is 0 Å². The largest absolute Gasteiger partial charge is 0.313 e. The summed E-state index contributed by atoms with van der Waals surface area (Å²) in [6.45, 7) is 4.32. The van der Waals surface area contributed by atoms with E-state index in [1.807, 2.05) is 6.07 Å². The average Bonchev–Trinajstić information content (AvgIpc) is 2.81. The van der Waals surface area contributed by atoms with Crippen LogP contribution in [0.1, 0.15) is 31.4 Å². The van der Waals surface area contributed by atoms with Gasteiger partial charge in [-0.1, -0.05) is 22.0 Å². The molecule has 1 heterocycles. The molecular formula is C14H20BrFN2. The van der Waals surface area contributed by atoms with Crippen molar-refractivity contribution in [2.45, 2.75) is 31.8 Å². The Morgan fingerprint density at radius 3 is 2.94 bits per heavy atom. The number of halogens is 2. The molecule has 0 bridgehead atoms. The summed E-state index contributed by atoms with van der Waals surface area (Å²) < 4.78 is 13.9. The van der Waals surface area contributed by atoms with Gasteiger partial charge in [-0.15, -0.1) is 0 Å². The third-order valence-corrected chi connectivity index (χ3v) is 4.43. The van der Waals surface area contributed by atoms with Gasteiger partial charge < -0.3 is 5.32 Å². The fourth-order valence-corrected chi connectivity index (χ4v) is 3.18. The second-order valence-corrected chi connectivity index (χ2v) is 5.93. The molecule has 0 aliphatic carbocycles. The molecule has 1 fully saturated rings. The number of hydrogen-bond acceptors (Lipinski definition) is 2. The van der Waals surface area contributed by atoms with Gasteiger partial charge in [-0.2, -0.15) is 0 Å². The quantitative estimate of drug-likeness (QED) is 0.917. The third-order valence-electron chi connectivity index (χ3n) is 3.74. The Hall–Kier alpha value is -0.450. The minimum absolute atomic E-state index is 0.196. The molecule has 18 heavy (non-hydrogen) atoms. The van der Waals surface area contributed by atoms with Crippen molar-refractivity contribution in [3.8, 4) is 0 Å². The van der Waals surface area contributed by atoms with Crippen molar-refractivity contribution in [2.75, 3.05) is 20.1 Å². The van der Waals surface area contributed by atoms with Gasteiger partial charge in [0.05, 0.1) is 0 Å². The first-order valence-corrected chi connectivity index (χ1v) is 7.26. The molecule has 0 amide bonds. The molecule has 2 atom stereocenters. The van der Waals surface area contributed by atoms with Crippen LogP contribution in [0.3, 0.4) is 0 Å². The summed E-state index contributed by atoms with van der Waals surface area (Å²) in [4.78, 5) is 2.32. The van der Waals surface area contributed by atoms with Gasteiger partial charge >= 0.3 is 0 Å². The summed E-state index contributed by atoms with van der Waals surface area (Å²) in [5, 5.41) is 3.50. The lowest BCUT2D eigenvalue weighted by Gasteiger charge is -2.28. The van der Waals surface area contributed by atoms with Crippen molar-refractivity contribution in [2.24, 2.45) is 0 Å². The fraction of sp³-hybridized carbons (Fsp3) is 0.571. The molecule has 0 spiro atoms. The molecule has 4 heteroatoms. The van der Waals surface area contributed by atoms with E-state index in [0.717, 1.165) is 23.1 Å². The summed E-state index contributed by atoms with van der Waals surface area (Å²) in [5.41, 5.74) is 1.14. The van der Waals surface area contributed by atoms with Crippen LogP contribution in [0.4, 0.5) is 4.39 Å². The molecule has 2 unspecified atom stereocenters. The van der Waals surface area contributed by atoms with Crippen LogP contribution in [0.2, 0.25) is 0 Å². The van der Waals surface area contributed by atoms with E-state index in [-0.39, 0.29) is 11.9 Å². The number of nitrogens with zero attached hydrogens (tertiary/aromatic N) is 1. The number of nitrogens with one attached hydrogen (secondary N) is 1. The highest BCUT2D eigenvalue weighted by Crippen LogP contribution is 2.28. The Kier molecular flexibility index (Phi) is 4.76. The van der Waals surface area contributed by atoms with Gasteiger partial charge in [0, 0.05) is 23.1 Å². The molecule has 2 nitrogen and oxygen atoms in total. The van der Waals surface area contributed by atoms with Crippen LogP contribution in [0.25, 0.3) is 0 Å². The first kappa shape index (κ1) is 14.0. The van der Waals surface area contributed by atoms with Gasteiger partial charge in [-0.25, -0.2) is 4.39 Å². The Morgan fingerprint density at radius 1 is 1.56 bits per heavy atom. The summed E-state index contributed by atoms with van der Waals surface area (Å²) in [5.74, 6) is -0.196. The summed E-state index contributed by atoms with van der Waals surface area (Å²) in [6.07, 6.45) is 2.52. The van der Waals surface area contributed by atoms with E-state index in [1.54, 1.807) is 0 Å². The lowest BCUT2D eigenvalue weighted by atomic mass is 10.1. The number of likely N-dealkylation sites (N-methyl/N-ethyl adjacent to an activating group) is 1. The predicted octanol–water partition coefficient (Wildman–Crippen LogP) is 3.33. The predicted molar refractivity (Wildman–Crippen MR) is 76.2 cm³/mol. The average molecular weight is 315 g/mol. The van der Waals surface area contributed by atoms with Gasteiger partial charge in [-0.05, 0) is 51.1 Å². The van der Waals surface area contributed by atoms with Crippen molar-refractivity contribution in [1.82, 2.24) is 10.2 Å². The molecule has 1 aromatic carbocycles. The Labute approximate surface area is 117 Å². The fourth-order valence-electron chi connectivity index (χ4n) is 2.50. The first-order valence-electron chi connectivity index (χ1n) is 6.46. The highest BCUT2D eigenvalue weighted by molar-refractivity contribution is 9.10. The van der Waals surface area contributed by atoms with E-state index in [2.05, 4.69) is 40.1 Å². The molecule has 1 saturated heterocycles. The minimum atomic E-state index is -0.196. The smallest absolute Gasteiger partial charge is 0.124 e. The third kappa shape index (κ3) is 3.31. The van der Waals surface area contributed by atoms with Crippen LogP contribution in [0.15, 0.2) is 22.7 Å². The van der Waals surface area contributed by atoms with E-state index in [1.165, 1.54) is 25.0 Å². The zero-order valence-electron chi connectivity index (χ0n) is 10.9. The zero-order chi connectivity index (χ0) is 13.1. The molecule has 0 aromatic heterocycles. The molecule has 1 aliphatic rings. The van der Waals surface area contributed by atoms with Gasteiger partial charge in [-0.3, -0.25) is 4.90 Å². The Morgan fingerprint density at radius 2 is 2.33 bits per heavy atom. The number of rotatable bonds is 4. The topological polar surface area (TPSA) is 15.3 Å². The maximum Gasteiger partial charge on any atom is 0.124 e.